The van der Waals surface area contributed by atoms with Gasteiger partial charge in [0, 0.05) is 19.0 Å². The number of ketones is 1. The zero-order valence-electron chi connectivity index (χ0n) is 12.2. The van der Waals surface area contributed by atoms with Crippen molar-refractivity contribution in [2.45, 2.75) is 58.5 Å². The highest BCUT2D eigenvalue weighted by Crippen LogP contribution is 2.22. The van der Waals surface area contributed by atoms with Crippen LogP contribution < -0.4 is 0 Å². The Labute approximate surface area is 116 Å². The molecule has 0 saturated carbocycles. The van der Waals surface area contributed by atoms with Gasteiger partial charge in [-0.3, -0.25) is 9.69 Å². The molecule has 0 aliphatic carbocycles. The van der Waals surface area contributed by atoms with Crippen molar-refractivity contribution in [2.24, 2.45) is 0 Å². The molecular weight excluding hydrogens is 234 g/mol. The quantitative estimate of drug-likeness (QED) is 0.805. The van der Waals surface area contributed by atoms with Crippen molar-refractivity contribution in [1.29, 1.82) is 0 Å². The number of rotatable bonds is 5. The van der Waals surface area contributed by atoms with E-state index in [1.807, 2.05) is 0 Å². The fourth-order valence-corrected chi connectivity index (χ4v) is 2.95. The molecule has 0 N–H and O–H groups in total. The van der Waals surface area contributed by atoms with Gasteiger partial charge >= 0.3 is 0 Å². The van der Waals surface area contributed by atoms with Gasteiger partial charge in [0.25, 0.3) is 0 Å². The minimum absolute atomic E-state index is 0.318. The first-order valence-corrected chi connectivity index (χ1v) is 7.50. The number of hydrogen-bond donors (Lipinski definition) is 0. The fraction of sp³-hybridized carbons (Fsp3) is 0.588. The lowest BCUT2D eigenvalue weighted by molar-refractivity contribution is -0.118. The Bertz CT molecular complexity index is 410. The Morgan fingerprint density at radius 2 is 1.89 bits per heavy atom. The molecule has 1 aliphatic rings. The first-order valence-electron chi connectivity index (χ1n) is 7.50. The Balaban J connectivity index is 1.99. The second kappa shape index (κ2) is 6.85. The van der Waals surface area contributed by atoms with Crippen molar-refractivity contribution in [3.8, 4) is 0 Å². The molecule has 2 nitrogen and oxygen atoms in total. The van der Waals surface area contributed by atoms with Crippen molar-refractivity contribution in [1.82, 2.24) is 4.90 Å². The Hall–Kier alpha value is -1.15. The number of carbonyl (C=O) groups excluding carboxylic acids is 1. The minimum Gasteiger partial charge on any atom is -0.300 e. The molecule has 1 aromatic rings. The normalized spacial score (nSPS) is 20.4. The highest BCUT2D eigenvalue weighted by atomic mass is 16.1. The summed E-state index contributed by atoms with van der Waals surface area (Å²) in [5.41, 5.74) is 2.76. The van der Waals surface area contributed by atoms with E-state index < -0.39 is 0 Å². The molecule has 2 heteroatoms. The highest BCUT2D eigenvalue weighted by Gasteiger charge is 2.23. The summed E-state index contributed by atoms with van der Waals surface area (Å²) in [6.07, 6.45) is 5.52. The van der Waals surface area contributed by atoms with Gasteiger partial charge in [-0.25, -0.2) is 0 Å². The van der Waals surface area contributed by atoms with Gasteiger partial charge in [-0.15, -0.1) is 0 Å². The van der Waals surface area contributed by atoms with Crippen LogP contribution in [0.4, 0.5) is 0 Å². The largest absolute Gasteiger partial charge is 0.300 e. The van der Waals surface area contributed by atoms with Crippen LogP contribution >= 0.6 is 0 Å². The van der Waals surface area contributed by atoms with Crippen LogP contribution in [0.15, 0.2) is 24.3 Å². The molecule has 1 aliphatic heterocycles. The van der Waals surface area contributed by atoms with Gasteiger partial charge in [0.2, 0.25) is 0 Å². The van der Waals surface area contributed by atoms with Crippen LogP contribution in [-0.2, 0) is 17.8 Å². The molecule has 0 aromatic heterocycles. The second-order valence-electron chi connectivity index (χ2n) is 5.70. The lowest BCUT2D eigenvalue weighted by atomic mass is 9.97. The Kier molecular flexibility index (Phi) is 5.15. The third-order valence-corrected chi connectivity index (χ3v) is 4.09. The first kappa shape index (κ1) is 14.3. The molecule has 1 atom stereocenters. The van der Waals surface area contributed by atoms with Gasteiger partial charge in [0.05, 0.1) is 0 Å². The maximum absolute atomic E-state index is 11.4. The highest BCUT2D eigenvalue weighted by molar-refractivity contribution is 5.76. The van der Waals surface area contributed by atoms with E-state index in [9.17, 15) is 4.79 Å². The number of hydrogen-bond acceptors (Lipinski definition) is 2. The first-order chi connectivity index (χ1) is 9.19. The van der Waals surface area contributed by atoms with Gasteiger partial charge in [-0.2, -0.15) is 0 Å². The van der Waals surface area contributed by atoms with Crippen LogP contribution in [-0.4, -0.2) is 23.3 Å². The zero-order chi connectivity index (χ0) is 13.7. The lowest BCUT2D eigenvalue weighted by Gasteiger charge is -2.35. The monoisotopic (exact) mass is 259 g/mol. The summed E-state index contributed by atoms with van der Waals surface area (Å²) in [6, 6.07) is 9.37. The number of Topliss-reactive ketones (excluding diaryl/α,β-unsaturated/α-hetero) is 1. The van der Waals surface area contributed by atoms with E-state index in [0.29, 0.717) is 18.2 Å². The predicted octanol–water partition coefficient (Wildman–Crippen LogP) is 3.58. The van der Waals surface area contributed by atoms with E-state index in [2.05, 4.69) is 36.1 Å². The molecule has 1 unspecified atom stereocenters. The summed E-state index contributed by atoms with van der Waals surface area (Å²) in [6.45, 7) is 6.01. The van der Waals surface area contributed by atoms with Crippen LogP contribution in [0.1, 0.15) is 50.7 Å². The molecule has 0 spiro atoms. The number of benzene rings is 1. The number of nitrogens with zero attached hydrogens (tertiary/aromatic N) is 1. The summed E-state index contributed by atoms with van der Waals surface area (Å²) in [5, 5.41) is 0. The van der Waals surface area contributed by atoms with Crippen molar-refractivity contribution < 1.29 is 4.79 Å². The summed E-state index contributed by atoms with van der Waals surface area (Å²) in [7, 11) is 0. The molecule has 0 radical (unpaired) electrons. The van der Waals surface area contributed by atoms with Gasteiger partial charge < -0.3 is 0 Å². The maximum Gasteiger partial charge on any atom is 0.131 e. The van der Waals surface area contributed by atoms with Gasteiger partial charge in [0.1, 0.15) is 5.78 Å². The zero-order valence-corrected chi connectivity index (χ0v) is 12.2. The average molecular weight is 259 g/mol. The van der Waals surface area contributed by atoms with Crippen LogP contribution in [0.3, 0.4) is 0 Å². The molecule has 0 amide bonds. The van der Waals surface area contributed by atoms with Crippen LogP contribution in [0.5, 0.6) is 0 Å². The van der Waals surface area contributed by atoms with Gasteiger partial charge in [0.15, 0.2) is 0 Å². The topological polar surface area (TPSA) is 20.3 Å². The molecule has 19 heavy (non-hydrogen) atoms. The Morgan fingerprint density at radius 1 is 1.21 bits per heavy atom. The fourth-order valence-electron chi connectivity index (χ4n) is 2.95. The summed E-state index contributed by atoms with van der Waals surface area (Å²) in [4.78, 5) is 13.9. The van der Waals surface area contributed by atoms with Crippen molar-refractivity contribution in [3.05, 3.63) is 35.4 Å². The van der Waals surface area contributed by atoms with E-state index in [0.717, 1.165) is 19.5 Å². The Morgan fingerprint density at radius 3 is 2.53 bits per heavy atom. The average Bonchev–Trinajstić information content (AvgIpc) is 2.41. The SMILES string of the molecule is CCc1ccc(CN2CCCCC2CC(C)=O)cc1. The molecule has 1 heterocycles. The van der Waals surface area contributed by atoms with E-state index in [-0.39, 0.29) is 0 Å². The van der Waals surface area contributed by atoms with Crippen molar-refractivity contribution >= 4 is 5.78 Å². The molecule has 2 rings (SSSR count). The van der Waals surface area contributed by atoms with E-state index >= 15 is 0 Å². The molecule has 1 saturated heterocycles. The molecule has 1 fully saturated rings. The smallest absolute Gasteiger partial charge is 0.131 e. The van der Waals surface area contributed by atoms with Gasteiger partial charge in [-0.05, 0) is 43.9 Å². The third kappa shape index (κ3) is 4.17. The van der Waals surface area contributed by atoms with Crippen molar-refractivity contribution in [3.63, 3.8) is 0 Å². The van der Waals surface area contributed by atoms with Crippen LogP contribution in [0.25, 0.3) is 0 Å². The standard InChI is InChI=1S/C17H25NO/c1-3-15-7-9-16(10-8-15)13-18-11-5-4-6-17(18)12-14(2)19/h7-10,17H,3-6,11-13H2,1-2H3. The number of carbonyl (C=O) groups is 1. The summed E-state index contributed by atoms with van der Waals surface area (Å²) >= 11 is 0. The summed E-state index contributed by atoms with van der Waals surface area (Å²) in [5.74, 6) is 0.318. The second-order valence-corrected chi connectivity index (χ2v) is 5.70. The van der Waals surface area contributed by atoms with Crippen molar-refractivity contribution in [2.75, 3.05) is 6.54 Å². The maximum atomic E-state index is 11.4. The molecule has 1 aromatic carbocycles. The van der Waals surface area contributed by atoms with Crippen LogP contribution in [0, 0.1) is 0 Å². The molecule has 104 valence electrons. The summed E-state index contributed by atoms with van der Waals surface area (Å²) < 4.78 is 0. The van der Waals surface area contributed by atoms with E-state index in [1.54, 1.807) is 6.92 Å². The lowest BCUT2D eigenvalue weighted by Crippen LogP contribution is -2.39. The molecular formula is C17H25NO. The third-order valence-electron chi connectivity index (χ3n) is 4.09. The van der Waals surface area contributed by atoms with E-state index in [1.165, 1.54) is 30.4 Å². The van der Waals surface area contributed by atoms with Crippen LogP contribution in [0.2, 0.25) is 0 Å². The van der Waals surface area contributed by atoms with Gasteiger partial charge in [-0.1, -0.05) is 37.6 Å². The predicted molar refractivity (Wildman–Crippen MR) is 79.2 cm³/mol. The number of piperidine rings is 1. The minimum atomic E-state index is 0.318. The number of likely N-dealkylation sites (tertiary alicyclic amines) is 1. The van der Waals surface area contributed by atoms with E-state index in [4.69, 9.17) is 0 Å². The molecule has 0 bridgehead atoms. The number of aryl methyl sites for hydroxylation is 1.